The molecule has 0 radical (unpaired) electrons. The molecule has 5 heteroatoms. The minimum absolute atomic E-state index is 0.0684. The Morgan fingerprint density at radius 3 is 2.81 bits per heavy atom. The number of nitrogen functional groups attached to an aromatic ring is 1. The second kappa shape index (κ2) is 3.69. The smallest absolute Gasteiger partial charge is 0.275 e. The van der Waals surface area contributed by atoms with Crippen LogP contribution >= 0.6 is 0 Å². The lowest BCUT2D eigenvalue weighted by Crippen LogP contribution is -2.21. The molecule has 0 amide bonds. The number of aryl methyl sites for hydroxylation is 1. The Morgan fingerprint density at radius 2 is 2.12 bits per heavy atom. The van der Waals surface area contributed by atoms with E-state index in [2.05, 4.69) is 5.10 Å². The van der Waals surface area contributed by atoms with Gasteiger partial charge in [-0.05, 0) is 24.6 Å². The number of rotatable bonds is 1. The van der Waals surface area contributed by atoms with Crippen molar-refractivity contribution in [2.75, 3.05) is 5.73 Å². The summed E-state index contributed by atoms with van der Waals surface area (Å²) in [6.07, 6.45) is 0. The first-order valence-corrected chi connectivity index (χ1v) is 4.74. The Hall–Kier alpha value is -2.30. The van der Waals surface area contributed by atoms with E-state index in [0.29, 0.717) is 5.69 Å². The van der Waals surface area contributed by atoms with E-state index in [0.717, 1.165) is 16.3 Å². The Kier molecular flexibility index (Phi) is 2.36. The third-order valence-corrected chi connectivity index (χ3v) is 2.19. The quantitative estimate of drug-likeness (QED) is 0.741. The highest BCUT2D eigenvalue weighted by molar-refractivity contribution is 5.44. The molecule has 0 saturated heterocycles. The average Bonchev–Trinajstić information content (AvgIpc) is 2.23. The van der Waals surface area contributed by atoms with Crippen LogP contribution in [0.25, 0.3) is 5.69 Å². The van der Waals surface area contributed by atoms with Gasteiger partial charge in [-0.15, -0.1) is 5.10 Å². The topological polar surface area (TPSA) is 81.1 Å². The van der Waals surface area contributed by atoms with Crippen LogP contribution in [0.2, 0.25) is 0 Å². The van der Waals surface area contributed by atoms with Gasteiger partial charge < -0.3 is 10.8 Å². The summed E-state index contributed by atoms with van der Waals surface area (Å²) in [5.74, 6) is -0.366. The first-order valence-electron chi connectivity index (χ1n) is 4.74. The van der Waals surface area contributed by atoms with Crippen LogP contribution in [0.5, 0.6) is 5.75 Å². The molecule has 5 nitrogen and oxygen atoms in total. The molecule has 1 heterocycles. The second-order valence-electron chi connectivity index (χ2n) is 3.50. The number of aromatic hydroxyl groups is 1. The number of hydrogen-bond donors (Lipinski definition) is 2. The molecular weight excluding hydrogens is 206 g/mol. The molecule has 0 unspecified atom stereocenters. The van der Waals surface area contributed by atoms with Gasteiger partial charge >= 0.3 is 0 Å². The van der Waals surface area contributed by atoms with E-state index in [4.69, 9.17) is 5.73 Å². The maximum atomic E-state index is 11.6. The number of aromatic nitrogens is 2. The van der Waals surface area contributed by atoms with Gasteiger partial charge in [0.25, 0.3) is 5.56 Å². The zero-order chi connectivity index (χ0) is 11.7. The SMILES string of the molecule is Cc1cccc(-n2nc(N)c(O)cc2=O)c1. The maximum Gasteiger partial charge on any atom is 0.275 e. The van der Waals surface area contributed by atoms with Crippen molar-refractivity contribution in [1.82, 2.24) is 9.78 Å². The molecule has 16 heavy (non-hydrogen) atoms. The molecule has 0 fully saturated rings. The normalized spacial score (nSPS) is 10.3. The number of anilines is 1. The minimum Gasteiger partial charge on any atom is -0.504 e. The van der Waals surface area contributed by atoms with Crippen LogP contribution in [0, 0.1) is 6.92 Å². The van der Waals surface area contributed by atoms with Gasteiger partial charge in [0.05, 0.1) is 11.8 Å². The van der Waals surface area contributed by atoms with Crippen molar-refractivity contribution < 1.29 is 5.11 Å². The van der Waals surface area contributed by atoms with Crippen molar-refractivity contribution in [3.05, 3.63) is 46.2 Å². The van der Waals surface area contributed by atoms with Gasteiger partial charge in [0.2, 0.25) is 0 Å². The average molecular weight is 217 g/mol. The third kappa shape index (κ3) is 1.75. The van der Waals surface area contributed by atoms with Gasteiger partial charge in [0, 0.05) is 0 Å². The summed E-state index contributed by atoms with van der Waals surface area (Å²) < 4.78 is 1.15. The lowest BCUT2D eigenvalue weighted by Gasteiger charge is -2.06. The van der Waals surface area contributed by atoms with Crippen LogP contribution in [0.15, 0.2) is 35.1 Å². The molecule has 0 aliphatic heterocycles. The van der Waals surface area contributed by atoms with E-state index in [1.165, 1.54) is 0 Å². The third-order valence-electron chi connectivity index (χ3n) is 2.19. The van der Waals surface area contributed by atoms with Crippen LogP contribution in [-0.2, 0) is 0 Å². The molecule has 0 aliphatic carbocycles. The molecule has 0 saturated carbocycles. The number of nitrogens with zero attached hydrogens (tertiary/aromatic N) is 2. The first kappa shape index (κ1) is 10.2. The predicted octanol–water partition coefficient (Wildman–Crippen LogP) is 0.829. The Labute approximate surface area is 91.8 Å². The van der Waals surface area contributed by atoms with Crippen LogP contribution in [-0.4, -0.2) is 14.9 Å². The van der Waals surface area contributed by atoms with Gasteiger partial charge in [-0.25, -0.2) is 0 Å². The zero-order valence-electron chi connectivity index (χ0n) is 8.71. The summed E-state index contributed by atoms with van der Waals surface area (Å²) in [7, 11) is 0. The standard InChI is InChI=1S/C11H11N3O2/c1-7-3-2-4-8(5-7)14-10(16)6-9(15)11(12)13-14/h2-6,15H,1H3,(H2,12,13). The van der Waals surface area contributed by atoms with Crippen molar-refractivity contribution in [3.63, 3.8) is 0 Å². The summed E-state index contributed by atoms with van der Waals surface area (Å²) in [6.45, 7) is 1.91. The summed E-state index contributed by atoms with van der Waals surface area (Å²) in [5.41, 5.74) is 6.66. The van der Waals surface area contributed by atoms with E-state index in [9.17, 15) is 9.90 Å². The monoisotopic (exact) mass is 217 g/mol. The van der Waals surface area contributed by atoms with Crippen molar-refractivity contribution >= 4 is 5.82 Å². The van der Waals surface area contributed by atoms with Gasteiger partial charge in [-0.1, -0.05) is 12.1 Å². The van der Waals surface area contributed by atoms with E-state index < -0.39 is 5.56 Å². The molecule has 2 rings (SSSR count). The Morgan fingerprint density at radius 1 is 1.38 bits per heavy atom. The fourth-order valence-corrected chi connectivity index (χ4v) is 1.40. The second-order valence-corrected chi connectivity index (χ2v) is 3.50. The molecule has 0 aliphatic rings. The molecule has 3 N–H and O–H groups in total. The zero-order valence-corrected chi connectivity index (χ0v) is 8.71. The molecule has 0 spiro atoms. The number of benzene rings is 1. The fourth-order valence-electron chi connectivity index (χ4n) is 1.40. The molecule has 82 valence electrons. The van der Waals surface area contributed by atoms with Gasteiger partial charge in [0.15, 0.2) is 11.6 Å². The fraction of sp³-hybridized carbons (Fsp3) is 0.0909. The van der Waals surface area contributed by atoms with Crippen molar-refractivity contribution in [2.45, 2.75) is 6.92 Å². The molecule has 1 aromatic heterocycles. The summed E-state index contributed by atoms with van der Waals surface area (Å²) >= 11 is 0. The van der Waals surface area contributed by atoms with Gasteiger partial charge in [-0.2, -0.15) is 4.68 Å². The molecule has 0 bridgehead atoms. The van der Waals surface area contributed by atoms with E-state index >= 15 is 0 Å². The van der Waals surface area contributed by atoms with E-state index in [1.54, 1.807) is 6.07 Å². The number of hydrogen-bond acceptors (Lipinski definition) is 4. The lowest BCUT2D eigenvalue weighted by atomic mass is 10.2. The highest BCUT2D eigenvalue weighted by Gasteiger charge is 2.06. The minimum atomic E-state index is -0.419. The number of nitrogens with two attached hydrogens (primary N) is 1. The molecule has 1 aromatic carbocycles. The van der Waals surface area contributed by atoms with E-state index in [1.807, 2.05) is 25.1 Å². The first-order chi connectivity index (χ1) is 7.58. The van der Waals surface area contributed by atoms with Crippen molar-refractivity contribution in [2.24, 2.45) is 0 Å². The molecule has 2 aromatic rings. The highest BCUT2D eigenvalue weighted by Crippen LogP contribution is 2.14. The Bertz CT molecular complexity index is 590. The van der Waals surface area contributed by atoms with Gasteiger partial charge in [-0.3, -0.25) is 4.79 Å². The van der Waals surface area contributed by atoms with Crippen LogP contribution < -0.4 is 11.3 Å². The highest BCUT2D eigenvalue weighted by atomic mass is 16.3. The summed E-state index contributed by atoms with van der Waals surface area (Å²) in [4.78, 5) is 11.6. The summed E-state index contributed by atoms with van der Waals surface area (Å²) in [5, 5.41) is 13.0. The van der Waals surface area contributed by atoms with Crippen molar-refractivity contribution in [1.29, 1.82) is 0 Å². The van der Waals surface area contributed by atoms with Crippen LogP contribution in [0.4, 0.5) is 5.82 Å². The van der Waals surface area contributed by atoms with E-state index in [-0.39, 0.29) is 11.6 Å². The molecular formula is C11H11N3O2. The maximum absolute atomic E-state index is 11.6. The van der Waals surface area contributed by atoms with Gasteiger partial charge in [0.1, 0.15) is 0 Å². The largest absolute Gasteiger partial charge is 0.504 e. The predicted molar refractivity (Wildman–Crippen MR) is 60.6 cm³/mol. The molecule has 0 atom stereocenters. The van der Waals surface area contributed by atoms with Crippen LogP contribution in [0.3, 0.4) is 0 Å². The lowest BCUT2D eigenvalue weighted by molar-refractivity contribution is 0.471. The van der Waals surface area contributed by atoms with Crippen LogP contribution in [0.1, 0.15) is 5.56 Å². The van der Waals surface area contributed by atoms with Crippen molar-refractivity contribution in [3.8, 4) is 11.4 Å². The summed E-state index contributed by atoms with van der Waals surface area (Å²) in [6, 6.07) is 8.34. The Balaban J connectivity index is 2.65.